The van der Waals surface area contributed by atoms with Crippen molar-refractivity contribution >= 4 is 17.3 Å². The predicted octanol–water partition coefficient (Wildman–Crippen LogP) is 3.97. The topological polar surface area (TPSA) is 6.48 Å². The zero-order chi connectivity index (χ0) is 15.8. The molecule has 2 rings (SSSR count). The Bertz CT molecular complexity index is 514. The van der Waals surface area contributed by atoms with E-state index in [0.29, 0.717) is 12.2 Å². The molecule has 0 N–H and O–H groups in total. The van der Waals surface area contributed by atoms with Crippen LogP contribution in [0, 0.1) is 0 Å². The molecule has 0 unspecified atom stereocenters. The molecular weight excluding hydrogens is 301 g/mol. The van der Waals surface area contributed by atoms with Crippen LogP contribution in [0.2, 0.25) is 0 Å². The Morgan fingerprint density at radius 1 is 1.24 bits per heavy atom. The van der Waals surface area contributed by atoms with E-state index in [9.17, 15) is 13.2 Å². The fourth-order valence-corrected chi connectivity index (χ4v) is 2.84. The Morgan fingerprint density at radius 3 is 2.43 bits per heavy atom. The van der Waals surface area contributed by atoms with E-state index in [1.165, 1.54) is 12.1 Å². The molecule has 0 atom stereocenters. The van der Waals surface area contributed by atoms with Crippen molar-refractivity contribution in [2.24, 2.45) is 0 Å². The van der Waals surface area contributed by atoms with Gasteiger partial charge in [0.15, 0.2) is 0 Å². The van der Waals surface area contributed by atoms with Gasteiger partial charge < -0.3 is 4.90 Å². The van der Waals surface area contributed by atoms with Crippen LogP contribution in [-0.4, -0.2) is 37.1 Å². The summed E-state index contributed by atoms with van der Waals surface area (Å²) in [6.07, 6.45) is -4.37. The molecule has 21 heavy (non-hydrogen) atoms. The van der Waals surface area contributed by atoms with Gasteiger partial charge in [0.25, 0.3) is 0 Å². The number of halogens is 4. The minimum absolute atomic E-state index is 0.0677. The summed E-state index contributed by atoms with van der Waals surface area (Å²) in [5.41, 5.74) is 0.0346. The van der Waals surface area contributed by atoms with E-state index in [2.05, 4.69) is 18.7 Å². The molecule has 1 aromatic rings. The van der Waals surface area contributed by atoms with E-state index in [0.717, 1.165) is 13.1 Å². The van der Waals surface area contributed by atoms with Gasteiger partial charge in [-0.05, 0) is 38.6 Å². The van der Waals surface area contributed by atoms with Gasteiger partial charge in [0.2, 0.25) is 0 Å². The lowest BCUT2D eigenvalue weighted by Crippen LogP contribution is -2.57. The summed E-state index contributed by atoms with van der Waals surface area (Å²) in [6.45, 7) is 6.43. The second kappa shape index (κ2) is 5.69. The van der Waals surface area contributed by atoms with Gasteiger partial charge in [-0.15, -0.1) is 11.6 Å². The van der Waals surface area contributed by atoms with Crippen molar-refractivity contribution in [3.8, 4) is 0 Å². The van der Waals surface area contributed by atoms with Crippen molar-refractivity contribution in [2.45, 2.75) is 31.4 Å². The summed E-state index contributed by atoms with van der Waals surface area (Å²) < 4.78 is 39.3. The third kappa shape index (κ3) is 3.46. The van der Waals surface area contributed by atoms with Crippen LogP contribution < -0.4 is 4.90 Å². The fourth-order valence-electron chi connectivity index (χ4n) is 2.60. The highest BCUT2D eigenvalue weighted by Crippen LogP contribution is 2.36. The van der Waals surface area contributed by atoms with Crippen LogP contribution in [0.1, 0.15) is 25.0 Å². The number of alkyl halides is 4. The summed E-state index contributed by atoms with van der Waals surface area (Å²) in [7, 11) is 2.04. The first-order valence-electron chi connectivity index (χ1n) is 6.87. The van der Waals surface area contributed by atoms with Crippen LogP contribution in [0.4, 0.5) is 18.9 Å². The molecule has 2 nitrogen and oxygen atoms in total. The van der Waals surface area contributed by atoms with Crippen LogP contribution in [0.3, 0.4) is 0 Å². The molecule has 1 saturated heterocycles. The average molecular weight is 321 g/mol. The first kappa shape index (κ1) is 16.4. The summed E-state index contributed by atoms with van der Waals surface area (Å²) in [4.78, 5) is 4.23. The van der Waals surface area contributed by atoms with Gasteiger partial charge >= 0.3 is 6.18 Å². The number of hydrogen-bond acceptors (Lipinski definition) is 2. The lowest BCUT2D eigenvalue weighted by molar-refractivity contribution is -0.138. The number of rotatable bonds is 2. The Morgan fingerprint density at radius 2 is 1.90 bits per heavy atom. The summed E-state index contributed by atoms with van der Waals surface area (Å²) in [5, 5.41) is 0. The zero-order valence-electron chi connectivity index (χ0n) is 12.5. The van der Waals surface area contributed by atoms with Gasteiger partial charge in [0.1, 0.15) is 0 Å². The molecule has 0 bridgehead atoms. The molecule has 0 aromatic heterocycles. The third-order valence-electron chi connectivity index (χ3n) is 4.22. The first-order valence-corrected chi connectivity index (χ1v) is 7.41. The molecule has 0 saturated carbocycles. The summed E-state index contributed by atoms with van der Waals surface area (Å²) in [6, 6.07) is 4.43. The molecule has 6 heteroatoms. The van der Waals surface area contributed by atoms with Crippen LogP contribution in [0.15, 0.2) is 18.2 Å². The summed E-state index contributed by atoms with van der Waals surface area (Å²) >= 11 is 5.62. The fraction of sp³-hybridized carbons (Fsp3) is 0.600. The predicted molar refractivity (Wildman–Crippen MR) is 79.9 cm³/mol. The molecule has 0 amide bonds. The van der Waals surface area contributed by atoms with Gasteiger partial charge in [0.05, 0.1) is 5.56 Å². The standard InChI is InChI=1S/C15H20ClF3N2/c1-14(2)10-21(7-6-20(14)3)12-5-4-11(9-16)13(8-12)15(17,18)19/h4-5,8H,6-7,9-10H2,1-3H3. The van der Waals surface area contributed by atoms with Gasteiger partial charge in [-0.3, -0.25) is 4.90 Å². The number of likely N-dealkylation sites (N-methyl/N-ethyl adjacent to an activating group) is 1. The van der Waals surface area contributed by atoms with Crippen LogP contribution in [-0.2, 0) is 12.1 Å². The molecule has 1 aromatic carbocycles. The maximum absolute atomic E-state index is 13.1. The largest absolute Gasteiger partial charge is 0.416 e. The van der Waals surface area contributed by atoms with Crippen molar-refractivity contribution in [1.82, 2.24) is 4.90 Å². The van der Waals surface area contributed by atoms with Crippen molar-refractivity contribution in [3.05, 3.63) is 29.3 Å². The number of nitrogens with zero attached hydrogens (tertiary/aromatic N) is 2. The SMILES string of the molecule is CN1CCN(c2ccc(CCl)c(C(F)(F)F)c2)CC1(C)C. The van der Waals surface area contributed by atoms with E-state index >= 15 is 0 Å². The Balaban J connectivity index is 2.33. The van der Waals surface area contributed by atoms with E-state index in [4.69, 9.17) is 11.6 Å². The monoisotopic (exact) mass is 320 g/mol. The normalized spacial score (nSPS) is 19.9. The van der Waals surface area contributed by atoms with Gasteiger partial charge in [-0.2, -0.15) is 13.2 Å². The van der Waals surface area contributed by atoms with Crippen molar-refractivity contribution in [2.75, 3.05) is 31.6 Å². The molecule has 0 spiro atoms. The second-order valence-corrected chi connectivity index (χ2v) is 6.40. The minimum Gasteiger partial charge on any atom is -0.368 e. The Hall–Kier alpha value is -0.940. The highest BCUT2D eigenvalue weighted by atomic mass is 35.5. The smallest absolute Gasteiger partial charge is 0.368 e. The van der Waals surface area contributed by atoms with Crippen molar-refractivity contribution in [3.63, 3.8) is 0 Å². The third-order valence-corrected chi connectivity index (χ3v) is 4.51. The number of benzene rings is 1. The van der Waals surface area contributed by atoms with Gasteiger partial charge in [-0.1, -0.05) is 6.07 Å². The number of anilines is 1. The quantitative estimate of drug-likeness (QED) is 0.761. The van der Waals surface area contributed by atoms with Crippen molar-refractivity contribution < 1.29 is 13.2 Å². The lowest BCUT2D eigenvalue weighted by atomic mass is 9.98. The number of hydrogen-bond donors (Lipinski definition) is 0. The summed E-state index contributed by atoms with van der Waals surface area (Å²) in [5.74, 6) is -0.136. The Labute approximate surface area is 128 Å². The maximum atomic E-state index is 13.1. The van der Waals surface area contributed by atoms with Crippen molar-refractivity contribution in [1.29, 1.82) is 0 Å². The molecule has 1 fully saturated rings. The molecule has 1 aliphatic heterocycles. The van der Waals surface area contributed by atoms with E-state index < -0.39 is 11.7 Å². The van der Waals surface area contributed by atoms with E-state index in [1.807, 2.05) is 11.9 Å². The molecule has 1 heterocycles. The van der Waals surface area contributed by atoms with Crippen LogP contribution >= 0.6 is 11.6 Å². The molecule has 0 radical (unpaired) electrons. The minimum atomic E-state index is -4.37. The molecular formula is C15H20ClF3N2. The zero-order valence-corrected chi connectivity index (χ0v) is 13.2. The van der Waals surface area contributed by atoms with Crippen LogP contribution in [0.5, 0.6) is 0 Å². The molecule has 0 aliphatic carbocycles. The molecule has 118 valence electrons. The number of piperazine rings is 1. The highest BCUT2D eigenvalue weighted by molar-refractivity contribution is 6.17. The highest BCUT2D eigenvalue weighted by Gasteiger charge is 2.35. The first-order chi connectivity index (χ1) is 9.65. The van der Waals surface area contributed by atoms with Crippen LogP contribution in [0.25, 0.3) is 0 Å². The second-order valence-electron chi connectivity index (χ2n) is 6.13. The lowest BCUT2D eigenvalue weighted by Gasteiger charge is -2.46. The van der Waals surface area contributed by atoms with E-state index in [1.54, 1.807) is 6.07 Å². The van der Waals surface area contributed by atoms with E-state index in [-0.39, 0.29) is 17.0 Å². The Kier molecular flexibility index (Phi) is 4.45. The van der Waals surface area contributed by atoms with Gasteiger partial charge in [-0.25, -0.2) is 0 Å². The van der Waals surface area contributed by atoms with Gasteiger partial charge in [0, 0.05) is 36.7 Å². The maximum Gasteiger partial charge on any atom is 0.416 e. The average Bonchev–Trinajstić information content (AvgIpc) is 2.40. The molecule has 1 aliphatic rings.